The van der Waals surface area contributed by atoms with Crippen molar-refractivity contribution in [3.05, 3.63) is 64.5 Å². The number of ketones is 1. The van der Waals surface area contributed by atoms with Gasteiger partial charge in [-0.15, -0.1) is 0 Å². The van der Waals surface area contributed by atoms with Crippen LogP contribution in [-0.4, -0.2) is 10.8 Å². The third-order valence-electron chi connectivity index (χ3n) is 3.13. The smallest absolute Gasteiger partial charge is 0.185 e. The Morgan fingerprint density at radius 3 is 2.61 bits per heavy atom. The lowest BCUT2D eigenvalue weighted by atomic mass is 9.98. The summed E-state index contributed by atoms with van der Waals surface area (Å²) < 4.78 is 0. The highest BCUT2D eigenvalue weighted by molar-refractivity contribution is 5.97. The summed E-state index contributed by atoms with van der Waals surface area (Å²) in [5.74, 6) is 0.0850. The molecule has 92 valence electrons. The van der Waals surface area contributed by atoms with Crippen LogP contribution in [0, 0.1) is 20.8 Å². The zero-order chi connectivity index (χ0) is 13.1. The van der Waals surface area contributed by atoms with Gasteiger partial charge in [-0.05, 0) is 43.5 Å². The fraction of sp³-hybridized carbons (Fsp3) is 0.250. The normalized spacial score (nSPS) is 10.4. The molecule has 1 aromatic heterocycles. The van der Waals surface area contributed by atoms with Crippen LogP contribution in [0.5, 0.6) is 0 Å². The standard InChI is InChI=1S/C16H17NO/c1-11-6-7-12(2)14(9-11)10-15(18)16-13(3)5-4-8-17-16/h4-9H,10H2,1-3H3. The molecule has 0 aliphatic heterocycles. The lowest BCUT2D eigenvalue weighted by Gasteiger charge is -2.07. The lowest BCUT2D eigenvalue weighted by molar-refractivity contribution is 0.0987. The number of carbonyl (C=O) groups excluding carboxylic acids is 1. The summed E-state index contributed by atoms with van der Waals surface area (Å²) >= 11 is 0. The maximum atomic E-state index is 12.2. The quantitative estimate of drug-likeness (QED) is 0.768. The Balaban J connectivity index is 2.27. The summed E-state index contributed by atoms with van der Waals surface area (Å²) in [6, 6.07) is 9.97. The number of rotatable bonds is 3. The summed E-state index contributed by atoms with van der Waals surface area (Å²) in [7, 11) is 0. The van der Waals surface area contributed by atoms with Crippen molar-refractivity contribution in [1.82, 2.24) is 4.98 Å². The first-order valence-corrected chi connectivity index (χ1v) is 6.09. The molecule has 0 N–H and O–H groups in total. The SMILES string of the molecule is Cc1ccc(C)c(CC(=O)c2ncccc2C)c1. The third kappa shape index (κ3) is 2.65. The first-order chi connectivity index (χ1) is 8.58. The van der Waals surface area contributed by atoms with Crippen LogP contribution in [0.15, 0.2) is 36.5 Å². The molecule has 2 rings (SSSR count). The molecule has 1 aromatic carbocycles. The van der Waals surface area contributed by atoms with Crippen molar-refractivity contribution in [1.29, 1.82) is 0 Å². The topological polar surface area (TPSA) is 30.0 Å². The van der Waals surface area contributed by atoms with Gasteiger partial charge < -0.3 is 0 Å². The molecular formula is C16H17NO. The van der Waals surface area contributed by atoms with Crippen LogP contribution < -0.4 is 0 Å². The molecule has 0 radical (unpaired) electrons. The lowest BCUT2D eigenvalue weighted by Crippen LogP contribution is -2.09. The maximum Gasteiger partial charge on any atom is 0.185 e. The molecule has 0 saturated carbocycles. The van der Waals surface area contributed by atoms with E-state index in [2.05, 4.69) is 23.2 Å². The molecule has 0 fully saturated rings. The summed E-state index contributed by atoms with van der Waals surface area (Å²) in [6.07, 6.45) is 2.09. The van der Waals surface area contributed by atoms with Gasteiger partial charge in [0.1, 0.15) is 5.69 Å². The van der Waals surface area contributed by atoms with Crippen LogP contribution >= 0.6 is 0 Å². The highest BCUT2D eigenvalue weighted by Gasteiger charge is 2.12. The number of pyridine rings is 1. The van der Waals surface area contributed by atoms with Crippen molar-refractivity contribution < 1.29 is 4.79 Å². The average Bonchev–Trinajstić information content (AvgIpc) is 2.34. The summed E-state index contributed by atoms with van der Waals surface area (Å²) in [5, 5.41) is 0. The fourth-order valence-corrected chi connectivity index (χ4v) is 2.03. The highest BCUT2D eigenvalue weighted by Crippen LogP contribution is 2.14. The number of hydrogen-bond donors (Lipinski definition) is 0. The van der Waals surface area contributed by atoms with Crippen LogP contribution in [0.2, 0.25) is 0 Å². The predicted molar refractivity (Wildman–Crippen MR) is 72.9 cm³/mol. The van der Waals surface area contributed by atoms with E-state index in [0.717, 1.165) is 16.7 Å². The zero-order valence-corrected chi connectivity index (χ0v) is 11.0. The number of carbonyl (C=O) groups is 1. The van der Waals surface area contributed by atoms with Gasteiger partial charge in [-0.1, -0.05) is 29.8 Å². The van der Waals surface area contributed by atoms with E-state index >= 15 is 0 Å². The number of aromatic nitrogens is 1. The number of nitrogens with zero attached hydrogens (tertiary/aromatic N) is 1. The molecule has 2 nitrogen and oxygen atoms in total. The second-order valence-corrected chi connectivity index (χ2v) is 4.70. The van der Waals surface area contributed by atoms with Gasteiger partial charge in [0, 0.05) is 12.6 Å². The van der Waals surface area contributed by atoms with Crippen LogP contribution in [0.25, 0.3) is 0 Å². The van der Waals surface area contributed by atoms with Crippen molar-refractivity contribution in [3.8, 4) is 0 Å². The zero-order valence-electron chi connectivity index (χ0n) is 11.0. The van der Waals surface area contributed by atoms with E-state index in [9.17, 15) is 4.79 Å². The van der Waals surface area contributed by atoms with Crippen molar-refractivity contribution in [3.63, 3.8) is 0 Å². The Morgan fingerprint density at radius 2 is 1.89 bits per heavy atom. The van der Waals surface area contributed by atoms with E-state index in [1.807, 2.05) is 32.9 Å². The number of benzene rings is 1. The first kappa shape index (κ1) is 12.5. The Hall–Kier alpha value is -1.96. The Labute approximate surface area is 108 Å². The summed E-state index contributed by atoms with van der Waals surface area (Å²) in [5.41, 5.74) is 4.94. The van der Waals surface area contributed by atoms with Crippen LogP contribution in [0.3, 0.4) is 0 Å². The van der Waals surface area contributed by atoms with Gasteiger partial charge in [-0.25, -0.2) is 0 Å². The largest absolute Gasteiger partial charge is 0.292 e. The van der Waals surface area contributed by atoms with E-state index in [0.29, 0.717) is 12.1 Å². The van der Waals surface area contributed by atoms with Gasteiger partial charge in [0.2, 0.25) is 0 Å². The van der Waals surface area contributed by atoms with Gasteiger partial charge in [0.15, 0.2) is 5.78 Å². The summed E-state index contributed by atoms with van der Waals surface area (Å²) in [6.45, 7) is 6.00. The van der Waals surface area contributed by atoms with E-state index in [-0.39, 0.29) is 5.78 Å². The van der Waals surface area contributed by atoms with Gasteiger partial charge in [0.25, 0.3) is 0 Å². The molecule has 1 heterocycles. The number of aryl methyl sites for hydroxylation is 3. The van der Waals surface area contributed by atoms with Crippen LogP contribution in [0.4, 0.5) is 0 Å². The van der Waals surface area contributed by atoms with E-state index in [1.165, 1.54) is 5.56 Å². The predicted octanol–water partition coefficient (Wildman–Crippen LogP) is 3.43. The highest BCUT2D eigenvalue weighted by atomic mass is 16.1. The third-order valence-corrected chi connectivity index (χ3v) is 3.13. The van der Waals surface area contributed by atoms with Gasteiger partial charge >= 0.3 is 0 Å². The molecule has 0 amide bonds. The fourth-order valence-electron chi connectivity index (χ4n) is 2.03. The minimum atomic E-state index is 0.0850. The van der Waals surface area contributed by atoms with Crippen molar-refractivity contribution in [2.75, 3.05) is 0 Å². The average molecular weight is 239 g/mol. The minimum Gasteiger partial charge on any atom is -0.292 e. The van der Waals surface area contributed by atoms with Crippen molar-refractivity contribution in [2.45, 2.75) is 27.2 Å². The monoisotopic (exact) mass is 239 g/mol. The maximum absolute atomic E-state index is 12.2. The molecule has 18 heavy (non-hydrogen) atoms. The Kier molecular flexibility index (Phi) is 3.56. The van der Waals surface area contributed by atoms with Gasteiger partial charge in [-0.2, -0.15) is 0 Å². The molecule has 0 aliphatic carbocycles. The number of Topliss-reactive ketones (excluding diaryl/α,β-unsaturated/α-hetero) is 1. The van der Waals surface area contributed by atoms with Crippen LogP contribution in [0.1, 0.15) is 32.7 Å². The summed E-state index contributed by atoms with van der Waals surface area (Å²) in [4.78, 5) is 16.4. The second kappa shape index (κ2) is 5.13. The van der Waals surface area contributed by atoms with Crippen molar-refractivity contribution >= 4 is 5.78 Å². The first-order valence-electron chi connectivity index (χ1n) is 6.09. The molecule has 2 heteroatoms. The van der Waals surface area contributed by atoms with E-state index in [4.69, 9.17) is 0 Å². The minimum absolute atomic E-state index is 0.0850. The Bertz CT molecular complexity index is 587. The van der Waals surface area contributed by atoms with E-state index in [1.54, 1.807) is 6.20 Å². The molecule has 2 aromatic rings. The van der Waals surface area contributed by atoms with Crippen molar-refractivity contribution in [2.24, 2.45) is 0 Å². The van der Waals surface area contributed by atoms with Gasteiger partial charge in [-0.3, -0.25) is 9.78 Å². The van der Waals surface area contributed by atoms with E-state index < -0.39 is 0 Å². The molecule has 0 spiro atoms. The molecule has 0 saturated heterocycles. The molecule has 0 unspecified atom stereocenters. The molecule has 0 bridgehead atoms. The molecule has 0 aliphatic rings. The Morgan fingerprint density at radius 1 is 1.11 bits per heavy atom. The molecule has 0 atom stereocenters. The van der Waals surface area contributed by atoms with Gasteiger partial charge in [0.05, 0.1) is 0 Å². The second-order valence-electron chi connectivity index (χ2n) is 4.70. The molecular weight excluding hydrogens is 222 g/mol. The van der Waals surface area contributed by atoms with Crippen LogP contribution in [-0.2, 0) is 6.42 Å². The number of hydrogen-bond acceptors (Lipinski definition) is 2.